The normalized spacial score (nSPS) is 13.3. The van der Waals surface area contributed by atoms with Gasteiger partial charge in [-0.2, -0.15) is 0 Å². The molecule has 0 aromatic carbocycles. The minimum absolute atomic E-state index is 0.0279. The molecule has 5 nitrogen and oxygen atoms in total. The molecule has 372 valence electrons. The smallest absolute Gasteiger partial charge is 0.306 e. The lowest BCUT2D eigenvalue weighted by molar-refractivity contribution is -0.162. The first kappa shape index (κ1) is 62.0. The van der Waals surface area contributed by atoms with E-state index in [1.807, 2.05) is 0 Å². The molecule has 0 N–H and O–H groups in total. The molecular weight excluding hydrogens is 813 g/mol. The molecule has 66 heavy (non-hydrogen) atoms. The molecule has 0 heterocycles. The maximum absolute atomic E-state index is 12.8. The molecule has 0 radical (unpaired) electrons. The van der Waals surface area contributed by atoms with Crippen molar-refractivity contribution >= 4 is 11.9 Å². The Morgan fingerprint density at radius 2 is 0.682 bits per heavy atom. The molecule has 0 spiro atoms. The van der Waals surface area contributed by atoms with Gasteiger partial charge in [0.25, 0.3) is 0 Å². The largest absolute Gasteiger partial charge is 0.462 e. The van der Waals surface area contributed by atoms with E-state index in [1.54, 1.807) is 0 Å². The average Bonchev–Trinajstić information content (AvgIpc) is 3.32. The Labute approximate surface area is 407 Å². The summed E-state index contributed by atoms with van der Waals surface area (Å²) in [6, 6.07) is 0. The highest BCUT2D eigenvalue weighted by Gasteiger charge is 2.17. The van der Waals surface area contributed by atoms with Gasteiger partial charge in [0, 0.05) is 12.8 Å². The van der Waals surface area contributed by atoms with Gasteiger partial charge in [-0.1, -0.05) is 212 Å². The molecular formula is C61H98O5. The maximum Gasteiger partial charge on any atom is 0.306 e. The topological polar surface area (TPSA) is 61.8 Å². The summed E-state index contributed by atoms with van der Waals surface area (Å²) in [5.41, 5.74) is 0. The minimum atomic E-state index is -0.609. The van der Waals surface area contributed by atoms with Crippen molar-refractivity contribution in [2.75, 3.05) is 19.8 Å². The zero-order valence-corrected chi connectivity index (χ0v) is 42.7. The van der Waals surface area contributed by atoms with Crippen molar-refractivity contribution in [1.29, 1.82) is 0 Å². The van der Waals surface area contributed by atoms with Gasteiger partial charge in [0.05, 0.1) is 13.2 Å². The van der Waals surface area contributed by atoms with Crippen LogP contribution in [0, 0.1) is 0 Å². The standard InChI is InChI=1S/C61H98O5/c1-4-7-10-13-16-19-22-25-28-30-31-32-34-36-39-42-45-48-51-54-60(62)65-58-59(57-64-56-53-50-47-44-41-38-35-29-26-23-20-17-14-11-8-5-2)66-61(63)55-52-49-46-43-40-37-33-27-24-21-18-15-12-9-6-3/h8-9,11-12,16-21,25-29,33,38,40-41,43,47,50,59H,4-7,10,13-15,22-24,30-32,34-37,39,42,44-46,48-49,51-58H2,1-3H3/b11-8-,12-9-,19-16-,20-17-,21-18-,28-25-,29-26-,33-27-,41-38-,43-40-,50-47-. The molecule has 0 amide bonds. The van der Waals surface area contributed by atoms with E-state index in [4.69, 9.17) is 14.2 Å². The van der Waals surface area contributed by atoms with Crippen molar-refractivity contribution in [2.24, 2.45) is 0 Å². The van der Waals surface area contributed by atoms with Crippen molar-refractivity contribution in [1.82, 2.24) is 0 Å². The maximum atomic E-state index is 12.8. The first-order valence-electron chi connectivity index (χ1n) is 26.7. The highest BCUT2D eigenvalue weighted by atomic mass is 16.6. The molecule has 0 saturated heterocycles. The Balaban J connectivity index is 4.45. The summed E-state index contributed by atoms with van der Waals surface area (Å²) in [5.74, 6) is -0.499. The van der Waals surface area contributed by atoms with Crippen LogP contribution in [0.4, 0.5) is 0 Å². The predicted octanol–water partition coefficient (Wildman–Crippen LogP) is 18.3. The Bertz CT molecular complexity index is 1400. The monoisotopic (exact) mass is 911 g/mol. The third-order valence-electron chi connectivity index (χ3n) is 10.7. The number of hydrogen-bond acceptors (Lipinski definition) is 5. The van der Waals surface area contributed by atoms with E-state index in [0.717, 1.165) is 109 Å². The Morgan fingerprint density at radius 3 is 1.12 bits per heavy atom. The number of hydrogen-bond donors (Lipinski definition) is 0. The number of allylic oxidation sites excluding steroid dienone is 21. The van der Waals surface area contributed by atoms with Gasteiger partial charge in [-0.05, 0) is 122 Å². The van der Waals surface area contributed by atoms with Crippen LogP contribution in [-0.2, 0) is 23.8 Å². The lowest BCUT2D eigenvalue weighted by atomic mass is 10.1. The number of rotatable bonds is 47. The van der Waals surface area contributed by atoms with E-state index >= 15 is 0 Å². The van der Waals surface area contributed by atoms with Crippen LogP contribution in [0.15, 0.2) is 134 Å². The quantitative estimate of drug-likeness (QED) is 0.0346. The summed E-state index contributed by atoms with van der Waals surface area (Å²) in [6.45, 7) is 7.30. The molecule has 0 aromatic heterocycles. The van der Waals surface area contributed by atoms with Crippen LogP contribution in [0.2, 0.25) is 0 Å². The summed E-state index contributed by atoms with van der Waals surface area (Å²) in [7, 11) is 0. The molecule has 1 unspecified atom stereocenters. The molecule has 5 heteroatoms. The van der Waals surface area contributed by atoms with Crippen molar-refractivity contribution in [2.45, 2.75) is 219 Å². The predicted molar refractivity (Wildman–Crippen MR) is 288 cm³/mol. The van der Waals surface area contributed by atoms with Crippen LogP contribution >= 0.6 is 0 Å². The third-order valence-corrected chi connectivity index (χ3v) is 10.7. The van der Waals surface area contributed by atoms with Gasteiger partial charge in [-0.25, -0.2) is 0 Å². The van der Waals surface area contributed by atoms with Crippen LogP contribution in [0.1, 0.15) is 213 Å². The van der Waals surface area contributed by atoms with Gasteiger partial charge >= 0.3 is 11.9 Å². The van der Waals surface area contributed by atoms with Crippen LogP contribution in [0.3, 0.4) is 0 Å². The van der Waals surface area contributed by atoms with Crippen LogP contribution in [0.5, 0.6) is 0 Å². The number of unbranched alkanes of at least 4 members (excludes halogenated alkanes) is 14. The summed E-state index contributed by atoms with van der Waals surface area (Å²) in [5, 5.41) is 0. The van der Waals surface area contributed by atoms with Crippen LogP contribution in [-0.4, -0.2) is 37.9 Å². The molecule has 0 bridgehead atoms. The van der Waals surface area contributed by atoms with Gasteiger partial charge in [0.2, 0.25) is 0 Å². The fourth-order valence-corrected chi connectivity index (χ4v) is 6.77. The zero-order valence-electron chi connectivity index (χ0n) is 42.7. The van der Waals surface area contributed by atoms with Crippen molar-refractivity contribution in [3.8, 4) is 0 Å². The second-order valence-electron chi connectivity index (χ2n) is 17.0. The minimum Gasteiger partial charge on any atom is -0.462 e. The van der Waals surface area contributed by atoms with E-state index < -0.39 is 6.10 Å². The van der Waals surface area contributed by atoms with Crippen LogP contribution in [0.25, 0.3) is 0 Å². The Morgan fingerprint density at radius 1 is 0.348 bits per heavy atom. The summed E-state index contributed by atoms with van der Waals surface area (Å²) in [6.07, 6.45) is 79.2. The Kier molecular flexibility index (Phi) is 52.0. The van der Waals surface area contributed by atoms with Crippen molar-refractivity contribution < 1.29 is 23.8 Å². The number of carbonyl (C=O) groups excluding carboxylic acids is 2. The van der Waals surface area contributed by atoms with Gasteiger partial charge in [0.15, 0.2) is 6.10 Å². The summed E-state index contributed by atoms with van der Waals surface area (Å²) < 4.78 is 17.3. The summed E-state index contributed by atoms with van der Waals surface area (Å²) >= 11 is 0. The lowest BCUT2D eigenvalue weighted by Crippen LogP contribution is -2.30. The molecule has 0 aliphatic heterocycles. The van der Waals surface area contributed by atoms with Gasteiger partial charge in [0.1, 0.15) is 6.61 Å². The molecule has 0 saturated carbocycles. The average molecular weight is 911 g/mol. The van der Waals surface area contributed by atoms with E-state index in [-0.39, 0.29) is 25.2 Å². The fourth-order valence-electron chi connectivity index (χ4n) is 6.77. The second kappa shape index (κ2) is 55.4. The number of carbonyl (C=O) groups is 2. The van der Waals surface area contributed by atoms with E-state index in [2.05, 4.69) is 154 Å². The highest BCUT2D eigenvalue weighted by molar-refractivity contribution is 5.70. The zero-order chi connectivity index (χ0) is 47.7. The lowest BCUT2D eigenvalue weighted by Gasteiger charge is -2.18. The van der Waals surface area contributed by atoms with Crippen molar-refractivity contribution in [3.05, 3.63) is 134 Å². The molecule has 0 aliphatic carbocycles. The van der Waals surface area contributed by atoms with Gasteiger partial charge in [-0.15, -0.1) is 0 Å². The second-order valence-corrected chi connectivity index (χ2v) is 17.0. The van der Waals surface area contributed by atoms with Gasteiger partial charge in [-0.3, -0.25) is 9.59 Å². The molecule has 0 aliphatic rings. The highest BCUT2D eigenvalue weighted by Crippen LogP contribution is 2.13. The molecule has 0 rings (SSSR count). The van der Waals surface area contributed by atoms with E-state index in [9.17, 15) is 9.59 Å². The molecule has 0 fully saturated rings. The third kappa shape index (κ3) is 52.7. The number of esters is 2. The summed E-state index contributed by atoms with van der Waals surface area (Å²) in [4.78, 5) is 25.4. The number of ether oxygens (including phenoxy) is 3. The first-order valence-corrected chi connectivity index (χ1v) is 26.7. The van der Waals surface area contributed by atoms with Crippen molar-refractivity contribution in [3.63, 3.8) is 0 Å². The first-order chi connectivity index (χ1) is 32.6. The Hall–Kier alpha value is -3.96. The molecule has 0 aromatic rings. The molecule has 1 atom stereocenters. The van der Waals surface area contributed by atoms with E-state index in [0.29, 0.717) is 19.4 Å². The SMILES string of the molecule is CC/C=C\C/C=C\C/C=C\C/C=C\C/C=C\CCOCC(COC(=O)CCCCCCCCCCC/C=C\C/C=C\CCCCC)OC(=O)CCCC/C=C\C/C=C\C/C=C\C/C=C\CC. The van der Waals surface area contributed by atoms with Gasteiger partial charge < -0.3 is 14.2 Å². The fraction of sp³-hybridized carbons (Fsp3) is 0.607. The van der Waals surface area contributed by atoms with Crippen LogP contribution < -0.4 is 0 Å². The van der Waals surface area contributed by atoms with E-state index in [1.165, 1.54) is 70.6 Å².